The third-order valence-corrected chi connectivity index (χ3v) is 5.29. The topological polar surface area (TPSA) is 4.93 Å². The van der Waals surface area contributed by atoms with Crippen molar-refractivity contribution in [3.8, 4) is 11.1 Å². The molecule has 0 amide bonds. The second-order valence-electron chi connectivity index (χ2n) is 7.28. The number of aromatic nitrogens is 1. The van der Waals surface area contributed by atoms with Crippen LogP contribution < -0.4 is 0 Å². The predicted octanol–water partition coefficient (Wildman–Crippen LogP) is 10.2. The predicted molar refractivity (Wildman–Crippen MR) is 158 cm³/mol. The van der Waals surface area contributed by atoms with E-state index in [0.29, 0.717) is 0 Å². The van der Waals surface area contributed by atoms with E-state index >= 15 is 0 Å². The molecule has 0 aliphatic heterocycles. The molecular weight excluding hydrogens is 473 g/mol. The van der Waals surface area contributed by atoms with Crippen molar-refractivity contribution in [2.45, 2.75) is 61.8 Å². The molecule has 5 aromatic rings. The third-order valence-electron chi connectivity index (χ3n) is 5.29. The van der Waals surface area contributed by atoms with E-state index in [9.17, 15) is 0 Å². The van der Waals surface area contributed by atoms with Crippen molar-refractivity contribution in [3.63, 3.8) is 0 Å². The fraction of sp³-hybridized carbons (Fsp3) is 0.294. The van der Waals surface area contributed by atoms with E-state index in [-0.39, 0.29) is 18.6 Å². The smallest absolute Gasteiger partial charge is 0.344 e. The Labute approximate surface area is 232 Å². The van der Waals surface area contributed by atoms with Gasteiger partial charge in [-0.3, -0.25) is 0 Å². The van der Waals surface area contributed by atoms with Gasteiger partial charge in [0.1, 0.15) is 0 Å². The minimum absolute atomic E-state index is 0. The molecule has 0 spiro atoms. The summed E-state index contributed by atoms with van der Waals surface area (Å²) in [5.74, 6) is 0. The molecular formula is C34H43NV. The number of aryl methyl sites for hydroxylation is 3. The van der Waals surface area contributed by atoms with Gasteiger partial charge in [-0.1, -0.05) is 91.8 Å². The molecule has 0 aliphatic carbocycles. The Bertz CT molecular complexity index is 1210. The average Bonchev–Trinajstić information content (AvgIpc) is 3.24. The standard InChI is InChI=1S/C15H14.C13H11N.3C2H6.V/c1-3-13-7-5-9-15(11-13)14-8-4-6-12(2)10-14;1-14-12-8-4-2-6-10(12)11-7-3-5-9-13(11)14;3*1-2;/h4-9H,3H2,1-2H3;2-9H,1H3;3*1-2H3;/q-2;;;;;+2. The molecule has 0 N–H and O–H groups in total. The summed E-state index contributed by atoms with van der Waals surface area (Å²) in [7, 11) is 2.12. The number of hydrogen-bond acceptors (Lipinski definition) is 0. The van der Waals surface area contributed by atoms with Crippen LogP contribution in [0.3, 0.4) is 0 Å². The second-order valence-corrected chi connectivity index (χ2v) is 7.28. The minimum Gasteiger partial charge on any atom is -0.344 e. The number of hydrogen-bond donors (Lipinski definition) is 0. The molecule has 189 valence electrons. The van der Waals surface area contributed by atoms with Gasteiger partial charge >= 0.3 is 18.6 Å². The van der Waals surface area contributed by atoms with Crippen LogP contribution in [0.1, 0.15) is 59.6 Å². The summed E-state index contributed by atoms with van der Waals surface area (Å²) in [5, 5.41) is 2.68. The van der Waals surface area contributed by atoms with Gasteiger partial charge in [0.15, 0.2) is 0 Å². The van der Waals surface area contributed by atoms with Crippen LogP contribution in [-0.2, 0) is 32.0 Å². The van der Waals surface area contributed by atoms with Gasteiger partial charge in [0, 0.05) is 28.9 Å². The minimum atomic E-state index is 0. The van der Waals surface area contributed by atoms with Gasteiger partial charge in [-0.05, 0) is 18.6 Å². The van der Waals surface area contributed by atoms with Crippen LogP contribution in [0.2, 0.25) is 0 Å². The van der Waals surface area contributed by atoms with Crippen LogP contribution in [0.25, 0.3) is 32.9 Å². The molecule has 0 saturated heterocycles. The number of para-hydroxylation sites is 2. The van der Waals surface area contributed by atoms with Gasteiger partial charge in [0.25, 0.3) is 0 Å². The molecule has 1 nitrogen and oxygen atoms in total. The van der Waals surface area contributed by atoms with Crippen molar-refractivity contribution in [2.24, 2.45) is 7.05 Å². The molecule has 0 fully saturated rings. The van der Waals surface area contributed by atoms with Crippen molar-refractivity contribution in [1.82, 2.24) is 4.57 Å². The fourth-order valence-electron chi connectivity index (χ4n) is 3.74. The third kappa shape index (κ3) is 8.73. The van der Waals surface area contributed by atoms with E-state index in [1.807, 2.05) is 41.5 Å². The normalized spacial score (nSPS) is 9.14. The van der Waals surface area contributed by atoms with Crippen molar-refractivity contribution >= 4 is 21.8 Å². The van der Waals surface area contributed by atoms with Crippen LogP contribution in [0.5, 0.6) is 0 Å². The van der Waals surface area contributed by atoms with E-state index in [4.69, 9.17) is 0 Å². The molecule has 0 saturated carbocycles. The molecule has 5 rings (SSSR count). The van der Waals surface area contributed by atoms with Crippen LogP contribution in [0.15, 0.2) is 84.9 Å². The zero-order valence-electron chi connectivity index (χ0n) is 23.7. The van der Waals surface area contributed by atoms with Crippen molar-refractivity contribution in [1.29, 1.82) is 0 Å². The molecule has 2 heteroatoms. The Kier molecular flexibility index (Phi) is 17.1. The Morgan fingerprint density at radius 1 is 0.583 bits per heavy atom. The van der Waals surface area contributed by atoms with Gasteiger partial charge in [-0.25, -0.2) is 11.1 Å². The summed E-state index contributed by atoms with van der Waals surface area (Å²) in [6.45, 7) is 16.2. The molecule has 1 heterocycles. The van der Waals surface area contributed by atoms with Gasteiger partial charge in [-0.15, -0.1) is 23.3 Å². The number of benzene rings is 4. The maximum Gasteiger partial charge on any atom is 2.00 e. The molecule has 0 unspecified atom stereocenters. The molecule has 1 radical (unpaired) electrons. The van der Waals surface area contributed by atoms with Crippen LogP contribution >= 0.6 is 0 Å². The Morgan fingerprint density at radius 3 is 1.50 bits per heavy atom. The first-order valence-electron chi connectivity index (χ1n) is 13.1. The van der Waals surface area contributed by atoms with E-state index in [0.717, 1.165) is 17.5 Å². The fourth-order valence-corrected chi connectivity index (χ4v) is 3.74. The molecule has 0 atom stereocenters. The summed E-state index contributed by atoms with van der Waals surface area (Å²) in [4.78, 5) is 0. The molecule has 0 bridgehead atoms. The van der Waals surface area contributed by atoms with E-state index in [1.54, 1.807) is 0 Å². The molecule has 4 aromatic carbocycles. The summed E-state index contributed by atoms with van der Waals surface area (Å²) >= 11 is 0. The molecule has 0 aliphatic rings. The van der Waals surface area contributed by atoms with Crippen molar-refractivity contribution < 1.29 is 18.6 Å². The van der Waals surface area contributed by atoms with E-state index < -0.39 is 0 Å². The van der Waals surface area contributed by atoms with Crippen molar-refractivity contribution in [3.05, 3.63) is 108 Å². The first-order chi connectivity index (χ1) is 17.2. The zero-order chi connectivity index (χ0) is 26.2. The van der Waals surface area contributed by atoms with E-state index in [1.165, 1.54) is 32.9 Å². The summed E-state index contributed by atoms with van der Waals surface area (Å²) in [6.07, 6.45) is 1.03. The quantitative estimate of drug-likeness (QED) is 0.206. The SMILES string of the molecule is CC.CC.CC.CCc1[c-]c(-c2[c-]c(C)ccc2)ccc1.Cn1c2ccccc2c2ccccc21.[V+2]. The van der Waals surface area contributed by atoms with Crippen molar-refractivity contribution in [2.75, 3.05) is 0 Å². The Morgan fingerprint density at radius 2 is 1.03 bits per heavy atom. The van der Waals surface area contributed by atoms with Gasteiger partial charge in [-0.2, -0.15) is 36.4 Å². The molecule has 36 heavy (non-hydrogen) atoms. The van der Waals surface area contributed by atoms with Crippen LogP contribution in [0.4, 0.5) is 0 Å². The maximum atomic E-state index is 3.41. The summed E-state index contributed by atoms with van der Waals surface area (Å²) in [5.41, 5.74) is 7.29. The van der Waals surface area contributed by atoms with Crippen LogP contribution in [-0.4, -0.2) is 4.57 Å². The zero-order valence-corrected chi connectivity index (χ0v) is 25.1. The average molecular weight is 517 g/mol. The van der Waals surface area contributed by atoms with Gasteiger partial charge < -0.3 is 4.57 Å². The monoisotopic (exact) mass is 516 g/mol. The van der Waals surface area contributed by atoms with Crippen LogP contribution in [0, 0.1) is 19.1 Å². The Balaban J connectivity index is 0.000000552. The number of rotatable bonds is 2. The van der Waals surface area contributed by atoms with E-state index in [2.05, 4.69) is 123 Å². The molecule has 1 aromatic heterocycles. The number of nitrogens with zero attached hydrogens (tertiary/aromatic N) is 1. The first kappa shape index (κ1) is 33.3. The van der Waals surface area contributed by atoms with Gasteiger partial charge in [0.05, 0.1) is 0 Å². The first-order valence-corrected chi connectivity index (χ1v) is 13.1. The Hall–Kier alpha value is -2.74. The van der Waals surface area contributed by atoms with Gasteiger partial charge in [0.2, 0.25) is 0 Å². The number of fused-ring (bicyclic) bond motifs is 3. The summed E-state index contributed by atoms with van der Waals surface area (Å²) in [6, 6.07) is 36.3. The maximum absolute atomic E-state index is 3.41. The second kappa shape index (κ2) is 18.5. The largest absolute Gasteiger partial charge is 2.00 e. The summed E-state index contributed by atoms with van der Waals surface area (Å²) < 4.78 is 2.24.